The van der Waals surface area contributed by atoms with Gasteiger partial charge in [0.25, 0.3) is 6.40 Å². The van der Waals surface area contributed by atoms with Crippen LogP contribution in [0.2, 0.25) is 0 Å². The van der Waals surface area contributed by atoms with Crippen LogP contribution in [0.1, 0.15) is 0 Å². The van der Waals surface area contributed by atoms with Gasteiger partial charge in [-0.3, -0.25) is 0 Å². The standard InChI is InChI=1S/C10H9F2N2O/c11-7-1-2-10(9(12)3-7)13-4-8-5-15-6-14-8/h1-3,8,13H,4-5H2. The Balaban J connectivity index is 1.95. The molecule has 1 aromatic rings. The summed E-state index contributed by atoms with van der Waals surface area (Å²) in [4.78, 5) is 3.87. The number of nitrogens with one attached hydrogen (secondary N) is 1. The largest absolute Gasteiger partial charge is 0.472 e. The molecule has 15 heavy (non-hydrogen) atoms. The zero-order valence-electron chi connectivity index (χ0n) is 7.84. The fourth-order valence-electron chi connectivity index (χ4n) is 1.25. The predicted molar refractivity (Wildman–Crippen MR) is 52.0 cm³/mol. The van der Waals surface area contributed by atoms with Crippen LogP contribution in [0.4, 0.5) is 14.5 Å². The third-order valence-electron chi connectivity index (χ3n) is 2.03. The predicted octanol–water partition coefficient (Wildman–Crippen LogP) is 1.68. The topological polar surface area (TPSA) is 33.6 Å². The second-order valence-electron chi connectivity index (χ2n) is 3.19. The van der Waals surface area contributed by atoms with Gasteiger partial charge in [-0.05, 0) is 12.1 Å². The lowest BCUT2D eigenvalue weighted by molar-refractivity contribution is 0.332. The fourth-order valence-corrected chi connectivity index (χ4v) is 1.25. The Kier molecular flexibility index (Phi) is 2.80. The molecule has 0 bridgehead atoms. The molecule has 0 saturated carbocycles. The SMILES string of the molecule is Fc1ccc(NCC2CO[C]=N2)c(F)c1. The third-order valence-corrected chi connectivity index (χ3v) is 2.03. The van der Waals surface area contributed by atoms with Crippen molar-refractivity contribution in [3.8, 4) is 0 Å². The summed E-state index contributed by atoms with van der Waals surface area (Å²) in [5.41, 5.74) is 0.263. The summed E-state index contributed by atoms with van der Waals surface area (Å²) in [7, 11) is 0. The molecule has 1 radical (unpaired) electrons. The van der Waals surface area contributed by atoms with Gasteiger partial charge in [-0.15, -0.1) is 0 Å². The highest BCUT2D eigenvalue weighted by Gasteiger charge is 2.12. The van der Waals surface area contributed by atoms with Crippen molar-refractivity contribution in [2.24, 2.45) is 4.99 Å². The Morgan fingerprint density at radius 3 is 3.07 bits per heavy atom. The van der Waals surface area contributed by atoms with Crippen molar-refractivity contribution in [2.45, 2.75) is 6.04 Å². The van der Waals surface area contributed by atoms with Gasteiger partial charge >= 0.3 is 0 Å². The number of hydrogen-bond acceptors (Lipinski definition) is 3. The number of hydrogen-bond donors (Lipinski definition) is 1. The Hall–Kier alpha value is -1.65. The van der Waals surface area contributed by atoms with E-state index < -0.39 is 11.6 Å². The third kappa shape index (κ3) is 2.43. The van der Waals surface area contributed by atoms with E-state index in [1.165, 1.54) is 12.1 Å². The van der Waals surface area contributed by atoms with E-state index in [0.717, 1.165) is 6.07 Å². The number of anilines is 1. The lowest BCUT2D eigenvalue weighted by Gasteiger charge is -2.09. The Bertz CT molecular complexity index is 382. The molecule has 1 unspecified atom stereocenters. The summed E-state index contributed by atoms with van der Waals surface area (Å²) in [6.07, 6.45) is 2.36. The van der Waals surface area contributed by atoms with E-state index in [0.29, 0.717) is 13.2 Å². The number of aliphatic imine (C=N–C) groups is 1. The normalized spacial score (nSPS) is 18.9. The summed E-state index contributed by atoms with van der Waals surface area (Å²) in [5, 5.41) is 2.83. The van der Waals surface area contributed by atoms with E-state index in [2.05, 4.69) is 16.7 Å². The molecule has 0 spiro atoms. The molecule has 1 aliphatic rings. The lowest BCUT2D eigenvalue weighted by Crippen LogP contribution is -2.19. The molecule has 0 aliphatic carbocycles. The first-order valence-electron chi connectivity index (χ1n) is 4.51. The summed E-state index contributed by atoms with van der Waals surface area (Å²) in [6.45, 7) is 0.880. The number of ether oxygens (including phenoxy) is 1. The molecule has 0 amide bonds. The monoisotopic (exact) mass is 211 g/mol. The second-order valence-corrected chi connectivity index (χ2v) is 3.19. The molecule has 1 heterocycles. The van der Waals surface area contributed by atoms with Crippen molar-refractivity contribution < 1.29 is 13.5 Å². The van der Waals surface area contributed by atoms with Crippen molar-refractivity contribution >= 4 is 12.1 Å². The van der Waals surface area contributed by atoms with E-state index in [4.69, 9.17) is 4.74 Å². The summed E-state index contributed by atoms with van der Waals surface area (Å²) in [6, 6.07) is 3.33. The second kappa shape index (κ2) is 4.25. The number of halogens is 2. The lowest BCUT2D eigenvalue weighted by atomic mass is 10.2. The minimum Gasteiger partial charge on any atom is -0.472 e. The van der Waals surface area contributed by atoms with Crippen LogP contribution < -0.4 is 5.32 Å². The minimum absolute atomic E-state index is 0.0607. The van der Waals surface area contributed by atoms with Crippen LogP contribution in [0.3, 0.4) is 0 Å². The molecule has 1 aromatic carbocycles. The average Bonchev–Trinajstić information content (AvgIpc) is 2.69. The van der Waals surface area contributed by atoms with E-state index in [-0.39, 0.29) is 11.7 Å². The average molecular weight is 211 g/mol. The quantitative estimate of drug-likeness (QED) is 0.825. The first-order chi connectivity index (χ1) is 7.25. The zero-order chi connectivity index (χ0) is 10.7. The molecule has 0 aromatic heterocycles. The van der Waals surface area contributed by atoms with Crippen molar-refractivity contribution in [1.29, 1.82) is 0 Å². The first-order valence-corrected chi connectivity index (χ1v) is 4.51. The number of benzene rings is 1. The highest BCUT2D eigenvalue weighted by molar-refractivity contribution is 5.50. The van der Waals surface area contributed by atoms with Crippen LogP contribution in [0.5, 0.6) is 0 Å². The van der Waals surface area contributed by atoms with Gasteiger partial charge in [0, 0.05) is 12.6 Å². The summed E-state index contributed by atoms with van der Waals surface area (Å²) >= 11 is 0. The van der Waals surface area contributed by atoms with Crippen LogP contribution in [-0.2, 0) is 4.74 Å². The van der Waals surface area contributed by atoms with Crippen LogP contribution >= 0.6 is 0 Å². The molecular weight excluding hydrogens is 202 g/mol. The fraction of sp³-hybridized carbons (Fsp3) is 0.300. The first kappa shape index (κ1) is 9.89. The van der Waals surface area contributed by atoms with Crippen molar-refractivity contribution in [2.75, 3.05) is 18.5 Å². The molecule has 5 heteroatoms. The van der Waals surface area contributed by atoms with Gasteiger partial charge in [0.05, 0.1) is 5.69 Å². The van der Waals surface area contributed by atoms with Crippen molar-refractivity contribution in [3.63, 3.8) is 0 Å². The van der Waals surface area contributed by atoms with Gasteiger partial charge < -0.3 is 10.1 Å². The highest BCUT2D eigenvalue weighted by Crippen LogP contribution is 2.15. The van der Waals surface area contributed by atoms with Gasteiger partial charge in [0.15, 0.2) is 0 Å². The van der Waals surface area contributed by atoms with Crippen LogP contribution in [0, 0.1) is 11.6 Å². The highest BCUT2D eigenvalue weighted by atomic mass is 19.1. The molecule has 1 N–H and O–H groups in total. The molecule has 79 valence electrons. The van der Waals surface area contributed by atoms with Gasteiger partial charge in [0.1, 0.15) is 24.3 Å². The molecule has 1 atom stereocenters. The summed E-state index contributed by atoms with van der Waals surface area (Å²) in [5.74, 6) is -1.20. The molecule has 2 rings (SSSR count). The Morgan fingerprint density at radius 1 is 1.53 bits per heavy atom. The van der Waals surface area contributed by atoms with E-state index in [1.807, 2.05) is 0 Å². The van der Waals surface area contributed by atoms with Gasteiger partial charge in [-0.25, -0.2) is 13.8 Å². The molecule has 1 aliphatic heterocycles. The number of rotatable bonds is 3. The minimum atomic E-state index is -0.609. The maximum atomic E-state index is 13.1. The molecule has 3 nitrogen and oxygen atoms in total. The molecule has 0 fully saturated rings. The maximum Gasteiger partial charge on any atom is 0.273 e. The molecular formula is C10H9F2N2O. The molecule has 0 saturated heterocycles. The van der Waals surface area contributed by atoms with E-state index >= 15 is 0 Å². The number of nitrogens with zero attached hydrogens (tertiary/aromatic N) is 1. The van der Waals surface area contributed by atoms with Gasteiger partial charge in [0.2, 0.25) is 0 Å². The maximum absolute atomic E-state index is 13.1. The van der Waals surface area contributed by atoms with Crippen molar-refractivity contribution in [1.82, 2.24) is 0 Å². The Morgan fingerprint density at radius 2 is 2.40 bits per heavy atom. The van der Waals surface area contributed by atoms with Crippen LogP contribution in [-0.4, -0.2) is 25.6 Å². The van der Waals surface area contributed by atoms with E-state index in [9.17, 15) is 8.78 Å². The van der Waals surface area contributed by atoms with Gasteiger partial charge in [-0.1, -0.05) is 0 Å². The summed E-state index contributed by atoms with van der Waals surface area (Å²) < 4.78 is 30.5. The smallest absolute Gasteiger partial charge is 0.273 e. The van der Waals surface area contributed by atoms with Crippen molar-refractivity contribution in [3.05, 3.63) is 29.8 Å². The van der Waals surface area contributed by atoms with E-state index in [1.54, 1.807) is 0 Å². The Labute approximate surface area is 85.8 Å². The van der Waals surface area contributed by atoms with Crippen LogP contribution in [0.25, 0.3) is 0 Å². The van der Waals surface area contributed by atoms with Gasteiger partial charge in [-0.2, -0.15) is 0 Å². The van der Waals surface area contributed by atoms with Crippen LogP contribution in [0.15, 0.2) is 23.2 Å². The zero-order valence-corrected chi connectivity index (χ0v) is 7.84.